The van der Waals surface area contributed by atoms with Crippen molar-refractivity contribution in [1.29, 1.82) is 0 Å². The molecule has 2 rings (SSSR count). The standard InChI is InChI=1S/C19H23ClN2O2/c1-14(12-19(24)22(2)17-6-4-3-5-7-17)21-18(13-23)15-8-10-16(20)11-9-15/h3-11,14,18,21,23H,12-13H2,1-2H3. The Bertz CT molecular complexity index is 646. The Morgan fingerprint density at radius 1 is 1.17 bits per heavy atom. The molecular formula is C19H23ClN2O2. The van der Waals surface area contributed by atoms with Crippen LogP contribution in [0.1, 0.15) is 24.9 Å². The number of aliphatic hydroxyl groups excluding tert-OH is 1. The van der Waals surface area contributed by atoms with E-state index in [9.17, 15) is 9.90 Å². The molecule has 0 spiro atoms. The van der Waals surface area contributed by atoms with Crippen LogP contribution in [0.4, 0.5) is 5.69 Å². The van der Waals surface area contributed by atoms with E-state index in [2.05, 4.69) is 5.32 Å². The molecule has 0 bridgehead atoms. The second-order valence-electron chi connectivity index (χ2n) is 5.85. The topological polar surface area (TPSA) is 52.6 Å². The van der Waals surface area contributed by atoms with Crippen LogP contribution in [-0.4, -0.2) is 30.7 Å². The zero-order valence-corrected chi connectivity index (χ0v) is 14.7. The van der Waals surface area contributed by atoms with E-state index in [1.54, 1.807) is 24.1 Å². The first-order valence-electron chi connectivity index (χ1n) is 7.95. The maximum Gasteiger partial charge on any atom is 0.228 e. The third-order valence-corrected chi connectivity index (χ3v) is 4.19. The van der Waals surface area contributed by atoms with Crippen molar-refractivity contribution in [1.82, 2.24) is 5.32 Å². The number of halogens is 1. The van der Waals surface area contributed by atoms with E-state index in [1.807, 2.05) is 49.4 Å². The summed E-state index contributed by atoms with van der Waals surface area (Å²) in [4.78, 5) is 14.1. The number of anilines is 1. The predicted molar refractivity (Wildman–Crippen MR) is 98.3 cm³/mol. The lowest BCUT2D eigenvalue weighted by Gasteiger charge is -2.24. The van der Waals surface area contributed by atoms with Gasteiger partial charge in [-0.2, -0.15) is 0 Å². The van der Waals surface area contributed by atoms with E-state index in [0.29, 0.717) is 11.4 Å². The average Bonchev–Trinajstić information content (AvgIpc) is 2.60. The smallest absolute Gasteiger partial charge is 0.228 e. The van der Waals surface area contributed by atoms with Crippen molar-refractivity contribution in [2.24, 2.45) is 0 Å². The third-order valence-electron chi connectivity index (χ3n) is 3.94. The van der Waals surface area contributed by atoms with Gasteiger partial charge in [0, 0.05) is 30.2 Å². The highest BCUT2D eigenvalue weighted by Crippen LogP contribution is 2.18. The molecule has 0 aliphatic carbocycles. The van der Waals surface area contributed by atoms with Crippen molar-refractivity contribution in [3.63, 3.8) is 0 Å². The number of nitrogens with one attached hydrogen (secondary N) is 1. The lowest BCUT2D eigenvalue weighted by Crippen LogP contribution is -2.38. The monoisotopic (exact) mass is 346 g/mol. The summed E-state index contributed by atoms with van der Waals surface area (Å²) in [5, 5.41) is 13.6. The van der Waals surface area contributed by atoms with Crippen molar-refractivity contribution in [3.8, 4) is 0 Å². The van der Waals surface area contributed by atoms with Gasteiger partial charge >= 0.3 is 0 Å². The Labute approximate surface area is 148 Å². The minimum atomic E-state index is -0.230. The predicted octanol–water partition coefficient (Wildman–Crippen LogP) is 3.40. The summed E-state index contributed by atoms with van der Waals surface area (Å²) >= 11 is 5.89. The Hall–Kier alpha value is -1.88. The summed E-state index contributed by atoms with van der Waals surface area (Å²) in [7, 11) is 1.77. The molecule has 0 aromatic heterocycles. The van der Waals surface area contributed by atoms with E-state index in [0.717, 1.165) is 11.3 Å². The first-order valence-corrected chi connectivity index (χ1v) is 8.33. The summed E-state index contributed by atoms with van der Waals surface area (Å²) in [6, 6.07) is 16.6. The van der Waals surface area contributed by atoms with Crippen molar-refractivity contribution in [2.75, 3.05) is 18.6 Å². The number of para-hydroxylation sites is 1. The summed E-state index contributed by atoms with van der Waals surface area (Å²) in [6.07, 6.45) is 0.343. The van der Waals surface area contributed by atoms with Crippen molar-refractivity contribution in [2.45, 2.75) is 25.4 Å². The van der Waals surface area contributed by atoms with Gasteiger partial charge in [0.2, 0.25) is 5.91 Å². The molecule has 0 fully saturated rings. The molecule has 0 aliphatic heterocycles. The van der Waals surface area contributed by atoms with Crippen molar-refractivity contribution < 1.29 is 9.90 Å². The van der Waals surface area contributed by atoms with Crippen LogP contribution in [0.25, 0.3) is 0 Å². The van der Waals surface area contributed by atoms with Gasteiger partial charge in [-0.25, -0.2) is 0 Å². The normalized spacial score (nSPS) is 13.3. The fourth-order valence-electron chi connectivity index (χ4n) is 2.55. The molecule has 24 heavy (non-hydrogen) atoms. The number of benzene rings is 2. The minimum Gasteiger partial charge on any atom is -0.394 e. The number of rotatable bonds is 7. The highest BCUT2D eigenvalue weighted by Gasteiger charge is 2.18. The molecule has 1 amide bonds. The molecule has 128 valence electrons. The molecule has 4 nitrogen and oxygen atoms in total. The van der Waals surface area contributed by atoms with Crippen molar-refractivity contribution in [3.05, 3.63) is 65.2 Å². The molecule has 2 unspecified atom stereocenters. The maximum atomic E-state index is 12.4. The van der Waals surface area contributed by atoms with E-state index in [-0.39, 0.29) is 24.6 Å². The first kappa shape index (κ1) is 18.5. The zero-order chi connectivity index (χ0) is 17.5. The summed E-state index contributed by atoms with van der Waals surface area (Å²) in [6.45, 7) is 1.89. The number of nitrogens with zero attached hydrogens (tertiary/aromatic N) is 1. The minimum absolute atomic E-state index is 0.0222. The summed E-state index contributed by atoms with van der Waals surface area (Å²) in [5.41, 5.74) is 1.81. The molecule has 2 N–H and O–H groups in total. The third kappa shape index (κ3) is 5.06. The van der Waals surface area contributed by atoms with E-state index in [1.165, 1.54) is 0 Å². The van der Waals surface area contributed by atoms with Crippen LogP contribution in [-0.2, 0) is 4.79 Å². The molecule has 2 atom stereocenters. The van der Waals surface area contributed by atoms with Gasteiger partial charge in [0.1, 0.15) is 0 Å². The number of carbonyl (C=O) groups excluding carboxylic acids is 1. The molecule has 0 saturated carbocycles. The van der Waals surface area contributed by atoms with Gasteiger partial charge in [-0.1, -0.05) is 41.9 Å². The average molecular weight is 347 g/mol. The van der Waals surface area contributed by atoms with Gasteiger partial charge in [-0.05, 0) is 36.8 Å². The Balaban J connectivity index is 1.94. The quantitative estimate of drug-likeness (QED) is 0.807. The molecule has 2 aromatic rings. The fraction of sp³-hybridized carbons (Fsp3) is 0.316. The number of hydrogen-bond acceptors (Lipinski definition) is 3. The molecule has 0 radical (unpaired) electrons. The second-order valence-corrected chi connectivity index (χ2v) is 6.28. The number of carbonyl (C=O) groups is 1. The number of aliphatic hydroxyl groups is 1. The maximum absolute atomic E-state index is 12.4. The van der Waals surface area contributed by atoms with Gasteiger partial charge in [0.05, 0.1) is 12.6 Å². The highest BCUT2D eigenvalue weighted by atomic mass is 35.5. The van der Waals surface area contributed by atoms with Gasteiger partial charge in [0.15, 0.2) is 0 Å². The highest BCUT2D eigenvalue weighted by molar-refractivity contribution is 6.30. The Morgan fingerprint density at radius 3 is 2.38 bits per heavy atom. The number of amides is 1. The largest absolute Gasteiger partial charge is 0.394 e. The summed E-state index contributed by atoms with van der Waals surface area (Å²) < 4.78 is 0. The van der Waals surface area contributed by atoms with Gasteiger partial charge in [-0.3, -0.25) is 4.79 Å². The van der Waals surface area contributed by atoms with Crippen LogP contribution >= 0.6 is 11.6 Å². The fourth-order valence-corrected chi connectivity index (χ4v) is 2.67. The molecule has 0 aliphatic rings. The zero-order valence-electron chi connectivity index (χ0n) is 13.9. The molecule has 0 heterocycles. The van der Waals surface area contributed by atoms with Crippen LogP contribution in [0.15, 0.2) is 54.6 Å². The van der Waals surface area contributed by atoms with Crippen LogP contribution in [0.2, 0.25) is 5.02 Å². The van der Waals surface area contributed by atoms with Crippen LogP contribution in [0.5, 0.6) is 0 Å². The first-order chi connectivity index (χ1) is 11.5. The van der Waals surface area contributed by atoms with Crippen molar-refractivity contribution >= 4 is 23.2 Å². The Kier molecular flexibility index (Phi) is 6.79. The van der Waals surface area contributed by atoms with Gasteiger partial charge < -0.3 is 15.3 Å². The molecule has 5 heteroatoms. The SMILES string of the molecule is CC(CC(=O)N(C)c1ccccc1)NC(CO)c1ccc(Cl)cc1. The Morgan fingerprint density at radius 2 is 1.79 bits per heavy atom. The van der Waals surface area contributed by atoms with E-state index >= 15 is 0 Å². The van der Waals surface area contributed by atoms with Crippen LogP contribution in [0.3, 0.4) is 0 Å². The van der Waals surface area contributed by atoms with E-state index < -0.39 is 0 Å². The number of hydrogen-bond donors (Lipinski definition) is 2. The van der Waals surface area contributed by atoms with E-state index in [4.69, 9.17) is 11.6 Å². The molecular weight excluding hydrogens is 324 g/mol. The van der Waals surface area contributed by atoms with Gasteiger partial charge in [-0.15, -0.1) is 0 Å². The second kappa shape index (κ2) is 8.83. The summed E-state index contributed by atoms with van der Waals surface area (Å²) in [5.74, 6) is 0.0222. The molecule has 0 saturated heterocycles. The lowest BCUT2D eigenvalue weighted by atomic mass is 10.1. The van der Waals surface area contributed by atoms with Crippen LogP contribution in [0, 0.1) is 0 Å². The lowest BCUT2D eigenvalue weighted by molar-refractivity contribution is -0.118. The van der Waals surface area contributed by atoms with Gasteiger partial charge in [0.25, 0.3) is 0 Å². The van der Waals surface area contributed by atoms with Crippen LogP contribution < -0.4 is 10.2 Å². The molecule has 2 aromatic carbocycles.